The third kappa shape index (κ3) is 3.92. The van der Waals surface area contributed by atoms with Crippen LogP contribution in [0.25, 0.3) is 0 Å². The predicted octanol–water partition coefficient (Wildman–Crippen LogP) is 1.53. The third-order valence-electron chi connectivity index (χ3n) is 2.53. The zero-order valence-corrected chi connectivity index (χ0v) is 10.9. The monoisotopic (exact) mass is 253 g/mol. The molecule has 100 valence electrons. The lowest BCUT2D eigenvalue weighted by Crippen LogP contribution is -2.48. The van der Waals surface area contributed by atoms with Gasteiger partial charge < -0.3 is 14.6 Å². The number of para-hydroxylation sites is 2. The summed E-state index contributed by atoms with van der Waals surface area (Å²) in [5.41, 5.74) is -0.954. The molecule has 0 aromatic heterocycles. The van der Waals surface area contributed by atoms with Gasteiger partial charge in [-0.15, -0.1) is 0 Å². The van der Waals surface area contributed by atoms with Crippen molar-refractivity contribution in [1.29, 1.82) is 0 Å². The normalized spacial score (nSPS) is 11.1. The highest BCUT2D eigenvalue weighted by Gasteiger charge is 2.25. The van der Waals surface area contributed by atoms with Crippen LogP contribution in [0.2, 0.25) is 0 Å². The Morgan fingerprint density at radius 2 is 1.94 bits per heavy atom. The van der Waals surface area contributed by atoms with Crippen LogP contribution in [-0.2, 0) is 4.79 Å². The maximum Gasteiger partial charge on any atom is 0.323 e. The molecule has 0 aliphatic carbocycles. The number of aliphatic carboxylic acids is 1. The average Bonchev–Trinajstić information content (AvgIpc) is 2.35. The summed E-state index contributed by atoms with van der Waals surface area (Å²) in [5.74, 6) is 0.421. The van der Waals surface area contributed by atoms with Crippen molar-refractivity contribution in [3.05, 3.63) is 24.3 Å². The van der Waals surface area contributed by atoms with Gasteiger partial charge in [0.05, 0.1) is 7.11 Å². The summed E-state index contributed by atoms with van der Waals surface area (Å²) in [4.78, 5) is 10.9. The van der Waals surface area contributed by atoms with E-state index in [4.69, 9.17) is 14.6 Å². The fraction of sp³-hybridized carbons (Fsp3) is 0.462. The second-order valence-corrected chi connectivity index (χ2v) is 4.36. The first-order valence-electron chi connectivity index (χ1n) is 5.71. The topological polar surface area (TPSA) is 67.8 Å². The van der Waals surface area contributed by atoms with Gasteiger partial charge in [-0.3, -0.25) is 10.1 Å². The number of carbonyl (C=O) groups is 1. The first kappa shape index (κ1) is 14.3. The van der Waals surface area contributed by atoms with Crippen molar-refractivity contribution in [2.45, 2.75) is 19.4 Å². The number of hydrogen-bond acceptors (Lipinski definition) is 4. The van der Waals surface area contributed by atoms with Crippen LogP contribution in [-0.4, -0.2) is 36.9 Å². The van der Waals surface area contributed by atoms with Crippen molar-refractivity contribution in [1.82, 2.24) is 5.32 Å². The summed E-state index contributed by atoms with van der Waals surface area (Å²) in [7, 11) is 1.58. The molecule has 2 N–H and O–H groups in total. The lowest BCUT2D eigenvalue weighted by molar-refractivity contribution is -0.143. The van der Waals surface area contributed by atoms with E-state index in [0.717, 1.165) is 0 Å². The molecule has 1 aromatic rings. The molecule has 0 atom stereocenters. The van der Waals surface area contributed by atoms with Crippen molar-refractivity contribution < 1.29 is 19.4 Å². The standard InChI is InChI=1S/C13H19NO4/c1-13(2,12(15)16)14-8-9-18-11-7-5-4-6-10(11)17-3/h4-7,14H,8-9H2,1-3H3,(H,15,16). The SMILES string of the molecule is COc1ccccc1OCCNC(C)(C)C(=O)O. The number of nitrogens with one attached hydrogen (secondary N) is 1. The molecule has 0 bridgehead atoms. The number of hydrogen-bond donors (Lipinski definition) is 2. The van der Waals surface area contributed by atoms with E-state index in [1.807, 2.05) is 18.2 Å². The fourth-order valence-electron chi connectivity index (χ4n) is 1.34. The van der Waals surface area contributed by atoms with E-state index in [0.29, 0.717) is 24.7 Å². The van der Waals surface area contributed by atoms with Crippen LogP contribution in [0.15, 0.2) is 24.3 Å². The van der Waals surface area contributed by atoms with Crippen molar-refractivity contribution >= 4 is 5.97 Å². The Morgan fingerprint density at radius 3 is 2.50 bits per heavy atom. The molecule has 0 radical (unpaired) electrons. The Bertz CT molecular complexity index is 404. The molecule has 0 fully saturated rings. The van der Waals surface area contributed by atoms with Gasteiger partial charge in [0, 0.05) is 6.54 Å². The second-order valence-electron chi connectivity index (χ2n) is 4.36. The van der Waals surface area contributed by atoms with Gasteiger partial charge in [0.2, 0.25) is 0 Å². The molecule has 0 spiro atoms. The van der Waals surface area contributed by atoms with Gasteiger partial charge in [0.15, 0.2) is 11.5 Å². The molecular formula is C13H19NO4. The summed E-state index contributed by atoms with van der Waals surface area (Å²) in [6.45, 7) is 4.03. The van der Waals surface area contributed by atoms with Gasteiger partial charge in [-0.25, -0.2) is 0 Å². The Hall–Kier alpha value is -1.75. The summed E-state index contributed by atoms with van der Waals surface area (Å²) < 4.78 is 10.7. The molecule has 0 aliphatic heterocycles. The first-order chi connectivity index (χ1) is 8.47. The minimum Gasteiger partial charge on any atom is -0.493 e. The van der Waals surface area contributed by atoms with E-state index in [2.05, 4.69) is 5.32 Å². The van der Waals surface area contributed by atoms with Gasteiger partial charge in [0.25, 0.3) is 0 Å². The van der Waals surface area contributed by atoms with E-state index < -0.39 is 11.5 Å². The van der Waals surface area contributed by atoms with Gasteiger partial charge in [-0.1, -0.05) is 12.1 Å². The summed E-state index contributed by atoms with van der Waals surface area (Å²) in [5, 5.41) is 11.8. The average molecular weight is 253 g/mol. The van der Waals surface area contributed by atoms with Crippen molar-refractivity contribution in [2.75, 3.05) is 20.3 Å². The molecular weight excluding hydrogens is 234 g/mol. The summed E-state index contributed by atoms with van der Waals surface area (Å²) in [6, 6.07) is 7.33. The highest BCUT2D eigenvalue weighted by atomic mass is 16.5. The van der Waals surface area contributed by atoms with Crippen LogP contribution in [0.3, 0.4) is 0 Å². The maximum atomic E-state index is 10.9. The molecule has 5 nitrogen and oxygen atoms in total. The number of methoxy groups -OCH3 is 1. The lowest BCUT2D eigenvalue weighted by atomic mass is 10.1. The van der Waals surface area contributed by atoms with E-state index in [1.165, 1.54) is 0 Å². The minimum atomic E-state index is -0.954. The van der Waals surface area contributed by atoms with Gasteiger partial charge >= 0.3 is 5.97 Å². The van der Waals surface area contributed by atoms with Crippen LogP contribution in [0.1, 0.15) is 13.8 Å². The molecule has 18 heavy (non-hydrogen) atoms. The Balaban J connectivity index is 2.41. The van der Waals surface area contributed by atoms with Crippen LogP contribution in [0, 0.1) is 0 Å². The van der Waals surface area contributed by atoms with Crippen molar-refractivity contribution in [2.24, 2.45) is 0 Å². The van der Waals surface area contributed by atoms with E-state index in [9.17, 15) is 4.79 Å². The van der Waals surface area contributed by atoms with Gasteiger partial charge in [0.1, 0.15) is 12.1 Å². The van der Waals surface area contributed by atoms with Crippen LogP contribution in [0.4, 0.5) is 0 Å². The number of carboxylic acid groups (broad SMARTS) is 1. The fourth-order valence-corrected chi connectivity index (χ4v) is 1.34. The molecule has 0 saturated carbocycles. The van der Waals surface area contributed by atoms with Crippen LogP contribution >= 0.6 is 0 Å². The first-order valence-corrected chi connectivity index (χ1v) is 5.71. The molecule has 0 aliphatic rings. The second kappa shape index (κ2) is 6.26. The maximum absolute atomic E-state index is 10.9. The molecule has 1 rings (SSSR count). The van der Waals surface area contributed by atoms with E-state index in [-0.39, 0.29) is 0 Å². The summed E-state index contributed by atoms with van der Waals surface area (Å²) >= 11 is 0. The molecule has 0 amide bonds. The highest BCUT2D eigenvalue weighted by molar-refractivity contribution is 5.77. The quantitative estimate of drug-likeness (QED) is 0.721. The molecule has 0 heterocycles. The lowest BCUT2D eigenvalue weighted by Gasteiger charge is -2.21. The Kier molecular flexibility index (Phi) is 4.97. The van der Waals surface area contributed by atoms with Crippen LogP contribution < -0.4 is 14.8 Å². The molecule has 1 aromatic carbocycles. The van der Waals surface area contributed by atoms with Gasteiger partial charge in [-0.05, 0) is 26.0 Å². The smallest absolute Gasteiger partial charge is 0.323 e. The molecule has 0 unspecified atom stereocenters. The highest BCUT2D eigenvalue weighted by Crippen LogP contribution is 2.25. The predicted molar refractivity (Wildman–Crippen MR) is 68.2 cm³/mol. The Labute approximate surface area is 107 Å². The van der Waals surface area contributed by atoms with Crippen LogP contribution in [0.5, 0.6) is 11.5 Å². The minimum absolute atomic E-state index is 0.372. The number of ether oxygens (including phenoxy) is 2. The van der Waals surface area contributed by atoms with E-state index in [1.54, 1.807) is 27.0 Å². The van der Waals surface area contributed by atoms with E-state index >= 15 is 0 Å². The van der Waals surface area contributed by atoms with Gasteiger partial charge in [-0.2, -0.15) is 0 Å². The third-order valence-corrected chi connectivity index (χ3v) is 2.53. The molecule has 0 saturated heterocycles. The molecule has 5 heteroatoms. The number of benzene rings is 1. The van der Waals surface area contributed by atoms with Crippen molar-refractivity contribution in [3.8, 4) is 11.5 Å². The zero-order valence-electron chi connectivity index (χ0n) is 10.9. The zero-order chi connectivity index (χ0) is 13.6. The number of carboxylic acids is 1. The Morgan fingerprint density at radius 1 is 1.33 bits per heavy atom. The largest absolute Gasteiger partial charge is 0.493 e. The van der Waals surface area contributed by atoms with Crippen molar-refractivity contribution in [3.63, 3.8) is 0 Å². The number of rotatable bonds is 7. The summed E-state index contributed by atoms with van der Waals surface area (Å²) in [6.07, 6.45) is 0.